The normalized spacial score (nSPS) is 11.6. The second kappa shape index (κ2) is 7.38. The van der Waals surface area contributed by atoms with Crippen molar-refractivity contribution >= 4 is 22.5 Å². The summed E-state index contributed by atoms with van der Waals surface area (Å²) in [5.41, 5.74) is -0.447. The van der Waals surface area contributed by atoms with Crippen molar-refractivity contribution in [3.8, 4) is 11.4 Å². The maximum Gasteiger partial charge on any atom is 0.416 e. The number of fused-ring (bicyclic) bond motifs is 1. The minimum absolute atomic E-state index is 0.0471. The molecule has 0 bridgehead atoms. The zero-order valence-corrected chi connectivity index (χ0v) is 16.4. The van der Waals surface area contributed by atoms with E-state index in [2.05, 4.69) is 15.4 Å². The van der Waals surface area contributed by atoms with Crippen LogP contribution in [0.2, 0.25) is 0 Å². The standard InChI is InChI=1S/C21H16F3N5O2/c1-28-18(12-5-3-6-13(11-12)21(22,23)24)27-17-14(20(28)31)7-4-8-15(17)26-19(30)16-9-10-25-29(16)2/h3-11H,1-2H3,(H,26,30). The highest BCUT2D eigenvalue weighted by Crippen LogP contribution is 2.32. The number of carbonyl (C=O) groups is 1. The first kappa shape index (κ1) is 20.3. The number of rotatable bonds is 3. The van der Waals surface area contributed by atoms with Gasteiger partial charge in [-0.3, -0.25) is 18.8 Å². The van der Waals surface area contributed by atoms with Crippen molar-refractivity contribution < 1.29 is 18.0 Å². The molecule has 158 valence electrons. The first-order valence-electron chi connectivity index (χ1n) is 9.13. The Morgan fingerprint density at radius 2 is 1.81 bits per heavy atom. The number of anilines is 1. The van der Waals surface area contributed by atoms with E-state index in [-0.39, 0.29) is 28.0 Å². The predicted molar refractivity (Wildman–Crippen MR) is 109 cm³/mol. The van der Waals surface area contributed by atoms with E-state index < -0.39 is 23.2 Å². The third kappa shape index (κ3) is 3.67. The topological polar surface area (TPSA) is 81.8 Å². The molecule has 2 aromatic carbocycles. The van der Waals surface area contributed by atoms with Crippen LogP contribution in [-0.4, -0.2) is 25.2 Å². The van der Waals surface area contributed by atoms with Gasteiger partial charge in [0.2, 0.25) is 0 Å². The number of hydrogen-bond donors (Lipinski definition) is 1. The Balaban J connectivity index is 1.87. The molecule has 4 aromatic rings. The number of aryl methyl sites for hydroxylation is 1. The molecule has 0 aliphatic carbocycles. The molecule has 10 heteroatoms. The van der Waals surface area contributed by atoms with Crippen molar-refractivity contribution in [1.29, 1.82) is 0 Å². The molecule has 0 fully saturated rings. The van der Waals surface area contributed by atoms with Crippen LogP contribution in [0.3, 0.4) is 0 Å². The fourth-order valence-electron chi connectivity index (χ4n) is 3.27. The SMILES string of the molecule is Cn1nccc1C(=O)Nc1cccc2c(=O)n(C)c(-c3cccc(C(F)(F)F)c3)nc12. The smallest absolute Gasteiger partial charge is 0.319 e. The summed E-state index contributed by atoms with van der Waals surface area (Å²) in [6.07, 6.45) is -3.06. The van der Waals surface area contributed by atoms with Crippen molar-refractivity contribution in [2.45, 2.75) is 6.18 Å². The van der Waals surface area contributed by atoms with Crippen LogP contribution in [0.25, 0.3) is 22.3 Å². The molecule has 1 amide bonds. The predicted octanol–water partition coefficient (Wildman–Crippen LogP) is 3.61. The molecule has 7 nitrogen and oxygen atoms in total. The Morgan fingerprint density at radius 1 is 1.06 bits per heavy atom. The summed E-state index contributed by atoms with van der Waals surface area (Å²) >= 11 is 0. The van der Waals surface area contributed by atoms with Gasteiger partial charge in [-0.2, -0.15) is 18.3 Å². The number of amides is 1. The number of aromatic nitrogens is 4. The van der Waals surface area contributed by atoms with Crippen molar-refractivity contribution in [3.63, 3.8) is 0 Å². The lowest BCUT2D eigenvalue weighted by molar-refractivity contribution is -0.137. The lowest BCUT2D eigenvalue weighted by Crippen LogP contribution is -2.22. The van der Waals surface area contributed by atoms with E-state index in [1.807, 2.05) is 0 Å². The summed E-state index contributed by atoms with van der Waals surface area (Å²) in [5, 5.41) is 6.87. The van der Waals surface area contributed by atoms with Crippen molar-refractivity contribution in [2.24, 2.45) is 14.1 Å². The highest BCUT2D eigenvalue weighted by Gasteiger charge is 2.30. The second-order valence-corrected chi connectivity index (χ2v) is 6.87. The molecule has 0 unspecified atom stereocenters. The quantitative estimate of drug-likeness (QED) is 0.542. The van der Waals surface area contributed by atoms with Gasteiger partial charge in [0.25, 0.3) is 11.5 Å². The molecular formula is C21H16F3N5O2. The largest absolute Gasteiger partial charge is 0.416 e. The Labute approximate surface area is 173 Å². The highest BCUT2D eigenvalue weighted by molar-refractivity contribution is 6.07. The molecule has 0 spiro atoms. The fourth-order valence-corrected chi connectivity index (χ4v) is 3.27. The minimum Gasteiger partial charge on any atom is -0.319 e. The van der Waals surface area contributed by atoms with Gasteiger partial charge in [-0.1, -0.05) is 18.2 Å². The Hall–Kier alpha value is -3.95. The molecule has 0 aliphatic heterocycles. The monoisotopic (exact) mass is 427 g/mol. The zero-order valence-electron chi connectivity index (χ0n) is 16.4. The second-order valence-electron chi connectivity index (χ2n) is 6.87. The first-order valence-corrected chi connectivity index (χ1v) is 9.13. The number of halogens is 3. The molecule has 4 rings (SSSR count). The van der Waals surface area contributed by atoms with Gasteiger partial charge in [0.15, 0.2) is 0 Å². The molecule has 2 aromatic heterocycles. The number of nitrogens with zero attached hydrogens (tertiary/aromatic N) is 4. The number of hydrogen-bond acceptors (Lipinski definition) is 4. The maximum atomic E-state index is 13.1. The summed E-state index contributed by atoms with van der Waals surface area (Å²) < 4.78 is 42.0. The number of para-hydroxylation sites is 1. The van der Waals surface area contributed by atoms with Gasteiger partial charge in [0.1, 0.15) is 17.0 Å². The summed E-state index contributed by atoms with van der Waals surface area (Å²) in [6, 6.07) is 10.8. The molecule has 31 heavy (non-hydrogen) atoms. The van der Waals surface area contributed by atoms with Crippen LogP contribution in [0, 0.1) is 0 Å². The van der Waals surface area contributed by atoms with E-state index in [4.69, 9.17) is 0 Å². The van der Waals surface area contributed by atoms with Crippen LogP contribution < -0.4 is 10.9 Å². The van der Waals surface area contributed by atoms with Gasteiger partial charge < -0.3 is 5.32 Å². The van der Waals surface area contributed by atoms with Crippen LogP contribution >= 0.6 is 0 Å². The Kier molecular flexibility index (Phi) is 4.84. The van der Waals surface area contributed by atoms with Crippen LogP contribution in [0.4, 0.5) is 18.9 Å². The van der Waals surface area contributed by atoms with Gasteiger partial charge >= 0.3 is 6.18 Å². The number of nitrogens with one attached hydrogen (secondary N) is 1. The van der Waals surface area contributed by atoms with Crippen molar-refractivity contribution in [3.05, 3.63) is 76.3 Å². The lowest BCUT2D eigenvalue weighted by atomic mass is 10.1. The average Bonchev–Trinajstić information content (AvgIpc) is 3.16. The maximum absolute atomic E-state index is 13.1. The van der Waals surface area contributed by atoms with Crippen molar-refractivity contribution in [2.75, 3.05) is 5.32 Å². The van der Waals surface area contributed by atoms with Crippen LogP contribution in [0.1, 0.15) is 16.1 Å². The van der Waals surface area contributed by atoms with E-state index in [1.54, 1.807) is 25.2 Å². The van der Waals surface area contributed by atoms with Crippen molar-refractivity contribution in [1.82, 2.24) is 19.3 Å². The molecule has 0 atom stereocenters. The number of carbonyl (C=O) groups excluding carboxylic acids is 1. The lowest BCUT2D eigenvalue weighted by Gasteiger charge is -2.14. The van der Waals surface area contributed by atoms with Crippen LogP contribution in [-0.2, 0) is 20.3 Å². The molecular weight excluding hydrogens is 411 g/mol. The van der Waals surface area contributed by atoms with Crippen LogP contribution in [0.5, 0.6) is 0 Å². The third-order valence-electron chi connectivity index (χ3n) is 4.86. The third-order valence-corrected chi connectivity index (χ3v) is 4.86. The van der Waals surface area contributed by atoms with Gasteiger partial charge in [-0.05, 0) is 30.3 Å². The summed E-state index contributed by atoms with van der Waals surface area (Å²) in [4.78, 5) is 29.9. The average molecular weight is 427 g/mol. The van der Waals surface area contributed by atoms with Gasteiger partial charge in [-0.15, -0.1) is 0 Å². The minimum atomic E-state index is -4.53. The molecule has 0 aliphatic rings. The number of alkyl halides is 3. The summed E-state index contributed by atoms with van der Waals surface area (Å²) in [6.45, 7) is 0. The summed E-state index contributed by atoms with van der Waals surface area (Å²) in [7, 11) is 3.04. The highest BCUT2D eigenvalue weighted by atomic mass is 19.4. The molecule has 0 saturated carbocycles. The van der Waals surface area contributed by atoms with E-state index in [0.717, 1.165) is 12.1 Å². The van der Waals surface area contributed by atoms with Gasteiger partial charge in [-0.25, -0.2) is 4.98 Å². The Bertz CT molecular complexity index is 1370. The van der Waals surface area contributed by atoms with Crippen LogP contribution in [0.15, 0.2) is 59.5 Å². The molecule has 0 radical (unpaired) electrons. The molecule has 1 N–H and O–H groups in total. The Morgan fingerprint density at radius 3 is 2.48 bits per heavy atom. The molecule has 2 heterocycles. The summed E-state index contributed by atoms with van der Waals surface area (Å²) in [5.74, 6) is -0.415. The van der Waals surface area contributed by atoms with Gasteiger partial charge in [0.05, 0.1) is 16.6 Å². The van der Waals surface area contributed by atoms with Gasteiger partial charge in [0, 0.05) is 25.9 Å². The molecule has 0 saturated heterocycles. The number of benzene rings is 2. The van der Waals surface area contributed by atoms with E-state index >= 15 is 0 Å². The van der Waals surface area contributed by atoms with E-state index in [0.29, 0.717) is 5.69 Å². The fraction of sp³-hybridized carbons (Fsp3) is 0.143. The zero-order chi connectivity index (χ0) is 22.3. The van der Waals surface area contributed by atoms with E-state index in [9.17, 15) is 22.8 Å². The van der Waals surface area contributed by atoms with E-state index in [1.165, 1.54) is 40.7 Å². The first-order chi connectivity index (χ1) is 14.7.